The molecular formula is C18H16O3. The number of rotatable bonds is 2. The molecule has 0 unspecified atom stereocenters. The first-order valence-corrected chi connectivity index (χ1v) is 6.78. The summed E-state index contributed by atoms with van der Waals surface area (Å²) >= 11 is 0. The number of carbonyl (C=O) groups is 1. The fourth-order valence-corrected chi connectivity index (χ4v) is 2.49. The topological polar surface area (TPSA) is 35.5 Å². The van der Waals surface area contributed by atoms with E-state index in [1.807, 2.05) is 44.2 Å². The van der Waals surface area contributed by atoms with Gasteiger partial charge in [-0.2, -0.15) is 0 Å². The minimum absolute atomic E-state index is 0.0755. The van der Waals surface area contributed by atoms with E-state index < -0.39 is 0 Å². The Kier molecular flexibility index (Phi) is 3.26. The van der Waals surface area contributed by atoms with E-state index in [9.17, 15) is 4.79 Å². The van der Waals surface area contributed by atoms with Crippen molar-refractivity contribution < 1.29 is 14.3 Å². The third-order valence-corrected chi connectivity index (χ3v) is 3.65. The first-order chi connectivity index (χ1) is 10.1. The molecule has 1 aliphatic rings. The predicted octanol–water partition coefficient (Wildman–Crippen LogP) is 3.93. The lowest BCUT2D eigenvalue weighted by molar-refractivity contribution is 0.101. The van der Waals surface area contributed by atoms with Crippen molar-refractivity contribution in [2.75, 3.05) is 7.11 Å². The van der Waals surface area contributed by atoms with E-state index in [0.717, 1.165) is 16.7 Å². The maximum Gasteiger partial charge on any atom is 0.232 e. The predicted molar refractivity (Wildman–Crippen MR) is 81.8 cm³/mol. The number of aryl methyl sites for hydroxylation is 2. The number of ether oxygens (including phenoxy) is 2. The molecule has 1 aliphatic heterocycles. The third kappa shape index (κ3) is 2.31. The number of Topliss-reactive ketones (excluding diaryl/α,β-unsaturated/α-hetero) is 1. The first kappa shape index (κ1) is 13.4. The average molecular weight is 280 g/mol. The number of hydrogen-bond acceptors (Lipinski definition) is 3. The number of fused-ring (bicyclic) bond motifs is 1. The quantitative estimate of drug-likeness (QED) is 0.782. The van der Waals surface area contributed by atoms with Crippen molar-refractivity contribution in [2.24, 2.45) is 0 Å². The summed E-state index contributed by atoms with van der Waals surface area (Å²) in [6, 6.07) is 11.5. The van der Waals surface area contributed by atoms with Gasteiger partial charge in [0.25, 0.3) is 0 Å². The largest absolute Gasteiger partial charge is 0.497 e. The number of ketones is 1. The second kappa shape index (κ2) is 5.09. The second-order valence-corrected chi connectivity index (χ2v) is 5.11. The summed E-state index contributed by atoms with van der Waals surface area (Å²) in [5.41, 5.74) is 3.57. The fourth-order valence-electron chi connectivity index (χ4n) is 2.49. The highest BCUT2D eigenvalue weighted by molar-refractivity contribution is 6.15. The molecule has 0 fully saturated rings. The summed E-state index contributed by atoms with van der Waals surface area (Å²) in [4.78, 5) is 12.5. The van der Waals surface area contributed by atoms with Gasteiger partial charge < -0.3 is 9.47 Å². The number of benzene rings is 2. The van der Waals surface area contributed by atoms with Crippen molar-refractivity contribution in [3.63, 3.8) is 0 Å². The van der Waals surface area contributed by atoms with Gasteiger partial charge >= 0.3 is 0 Å². The molecule has 3 nitrogen and oxygen atoms in total. The maximum atomic E-state index is 12.5. The molecule has 3 rings (SSSR count). The van der Waals surface area contributed by atoms with Crippen LogP contribution in [-0.4, -0.2) is 12.9 Å². The molecule has 0 N–H and O–H groups in total. The summed E-state index contributed by atoms with van der Waals surface area (Å²) in [5, 5.41) is 0. The first-order valence-electron chi connectivity index (χ1n) is 6.78. The minimum atomic E-state index is -0.0755. The average Bonchev–Trinajstić information content (AvgIpc) is 2.78. The Morgan fingerprint density at radius 2 is 1.86 bits per heavy atom. The van der Waals surface area contributed by atoms with E-state index in [1.54, 1.807) is 19.3 Å². The molecule has 0 amide bonds. The van der Waals surface area contributed by atoms with Gasteiger partial charge in [-0.15, -0.1) is 0 Å². The van der Waals surface area contributed by atoms with Gasteiger partial charge in [0.1, 0.15) is 11.5 Å². The van der Waals surface area contributed by atoms with Crippen molar-refractivity contribution >= 4 is 11.9 Å². The summed E-state index contributed by atoms with van der Waals surface area (Å²) in [5.74, 6) is 1.54. The van der Waals surface area contributed by atoms with Crippen LogP contribution >= 0.6 is 0 Å². The number of allylic oxidation sites excluding steroid dienone is 1. The molecule has 0 atom stereocenters. The molecule has 0 saturated carbocycles. The Morgan fingerprint density at radius 1 is 1.10 bits per heavy atom. The van der Waals surface area contributed by atoms with Crippen LogP contribution in [-0.2, 0) is 0 Å². The molecule has 0 spiro atoms. The van der Waals surface area contributed by atoms with Crippen LogP contribution in [0.15, 0.2) is 42.2 Å². The van der Waals surface area contributed by atoms with Crippen LogP contribution in [0.4, 0.5) is 0 Å². The monoisotopic (exact) mass is 280 g/mol. The highest BCUT2D eigenvalue weighted by atomic mass is 16.5. The molecule has 2 aromatic rings. The second-order valence-electron chi connectivity index (χ2n) is 5.11. The van der Waals surface area contributed by atoms with Crippen molar-refractivity contribution in [2.45, 2.75) is 13.8 Å². The lowest BCUT2D eigenvalue weighted by Crippen LogP contribution is -2.00. The van der Waals surface area contributed by atoms with Crippen molar-refractivity contribution in [3.8, 4) is 11.5 Å². The van der Waals surface area contributed by atoms with Gasteiger partial charge in [0, 0.05) is 6.07 Å². The van der Waals surface area contributed by atoms with Gasteiger partial charge in [-0.3, -0.25) is 4.79 Å². The van der Waals surface area contributed by atoms with Crippen molar-refractivity contribution in [1.29, 1.82) is 0 Å². The fraction of sp³-hybridized carbons (Fsp3) is 0.167. The SMILES string of the molecule is COc1cc(C)c2c(c1)O/C(=C\c1ccccc1C)C2=O. The summed E-state index contributed by atoms with van der Waals surface area (Å²) in [6.07, 6.45) is 1.80. The van der Waals surface area contributed by atoms with Crippen LogP contribution in [0.2, 0.25) is 0 Å². The zero-order valence-corrected chi connectivity index (χ0v) is 12.3. The summed E-state index contributed by atoms with van der Waals surface area (Å²) < 4.78 is 11.0. The number of carbonyl (C=O) groups excluding carboxylic acids is 1. The van der Waals surface area contributed by atoms with Crippen molar-refractivity contribution in [1.82, 2.24) is 0 Å². The van der Waals surface area contributed by atoms with Crippen LogP contribution in [0.3, 0.4) is 0 Å². The molecule has 0 aliphatic carbocycles. The molecule has 2 aromatic carbocycles. The van der Waals surface area contributed by atoms with E-state index in [4.69, 9.17) is 9.47 Å². The van der Waals surface area contributed by atoms with Gasteiger partial charge in [0.05, 0.1) is 12.7 Å². The van der Waals surface area contributed by atoms with Gasteiger partial charge in [-0.25, -0.2) is 0 Å². The lowest BCUT2D eigenvalue weighted by Gasteiger charge is -2.04. The molecular weight excluding hydrogens is 264 g/mol. The van der Waals surface area contributed by atoms with E-state index in [-0.39, 0.29) is 5.78 Å². The standard InChI is InChI=1S/C18H16O3/c1-11-6-4-5-7-13(11)9-16-18(19)17-12(2)8-14(20-3)10-15(17)21-16/h4-10H,1-3H3/b16-9-. The van der Waals surface area contributed by atoms with Crippen LogP contribution < -0.4 is 9.47 Å². The van der Waals surface area contributed by atoms with E-state index in [0.29, 0.717) is 22.8 Å². The Labute approximate surface area is 123 Å². The highest BCUT2D eigenvalue weighted by Gasteiger charge is 2.29. The van der Waals surface area contributed by atoms with Gasteiger partial charge in [0.2, 0.25) is 5.78 Å². The number of hydrogen-bond donors (Lipinski definition) is 0. The molecule has 0 bridgehead atoms. The Hall–Kier alpha value is -2.55. The molecule has 21 heavy (non-hydrogen) atoms. The van der Waals surface area contributed by atoms with Crippen LogP contribution in [0.5, 0.6) is 11.5 Å². The Balaban J connectivity index is 2.05. The maximum absolute atomic E-state index is 12.5. The van der Waals surface area contributed by atoms with Crippen LogP contribution in [0.25, 0.3) is 6.08 Å². The summed E-state index contributed by atoms with van der Waals surface area (Å²) in [6.45, 7) is 3.90. The van der Waals surface area contributed by atoms with Crippen LogP contribution in [0, 0.1) is 13.8 Å². The van der Waals surface area contributed by atoms with Gasteiger partial charge in [-0.1, -0.05) is 24.3 Å². The molecule has 1 heterocycles. The Morgan fingerprint density at radius 3 is 2.57 bits per heavy atom. The molecule has 0 saturated heterocycles. The third-order valence-electron chi connectivity index (χ3n) is 3.65. The Bertz CT molecular complexity index is 757. The van der Waals surface area contributed by atoms with Crippen LogP contribution in [0.1, 0.15) is 27.0 Å². The number of methoxy groups -OCH3 is 1. The molecule has 106 valence electrons. The highest BCUT2D eigenvalue weighted by Crippen LogP contribution is 2.37. The smallest absolute Gasteiger partial charge is 0.232 e. The molecule has 0 radical (unpaired) electrons. The summed E-state index contributed by atoms with van der Waals surface area (Å²) in [7, 11) is 1.60. The minimum Gasteiger partial charge on any atom is -0.497 e. The zero-order chi connectivity index (χ0) is 15.0. The van der Waals surface area contributed by atoms with E-state index >= 15 is 0 Å². The molecule has 3 heteroatoms. The van der Waals surface area contributed by atoms with E-state index in [1.165, 1.54) is 0 Å². The van der Waals surface area contributed by atoms with Crippen molar-refractivity contribution in [3.05, 3.63) is 64.4 Å². The van der Waals surface area contributed by atoms with Gasteiger partial charge in [0.15, 0.2) is 5.76 Å². The lowest BCUT2D eigenvalue weighted by atomic mass is 10.0. The van der Waals surface area contributed by atoms with Gasteiger partial charge in [-0.05, 0) is 42.7 Å². The molecule has 0 aromatic heterocycles. The van der Waals surface area contributed by atoms with E-state index in [2.05, 4.69) is 0 Å². The normalized spacial score (nSPS) is 15.0. The zero-order valence-electron chi connectivity index (χ0n) is 12.3.